The number of hydrogen-bond acceptors (Lipinski definition) is 7. The summed E-state index contributed by atoms with van der Waals surface area (Å²) in [5, 5.41) is 2.77. The lowest BCUT2D eigenvalue weighted by atomic mass is 10.2. The van der Waals surface area contributed by atoms with Crippen molar-refractivity contribution in [1.82, 2.24) is 9.62 Å². The predicted octanol–water partition coefficient (Wildman–Crippen LogP) is 0.821. The van der Waals surface area contributed by atoms with Crippen LogP contribution in [-0.4, -0.2) is 62.5 Å². The maximum atomic E-state index is 13.2. The third-order valence-corrected chi connectivity index (χ3v) is 7.09. The Kier molecular flexibility index (Phi) is 5.39. The number of nitrogens with zero attached hydrogens (tertiary/aromatic N) is 1. The molecule has 0 aromatic heterocycles. The van der Waals surface area contributed by atoms with Crippen LogP contribution in [0.4, 0.5) is 0 Å². The SMILES string of the molecule is C[C@@H](OC(=O)[C@@H]1CCCN1S(=O)(=O)c1ccc2c(c1)OCCO2)C(=O)NC1CC1. The lowest BCUT2D eigenvalue weighted by Crippen LogP contribution is -2.44. The normalized spacial score (nSPS) is 22.7. The molecule has 3 aliphatic rings. The Balaban J connectivity index is 1.48. The average Bonchev–Trinajstić information content (AvgIpc) is 3.37. The lowest BCUT2D eigenvalue weighted by molar-refractivity contribution is -0.157. The second-order valence-electron chi connectivity index (χ2n) is 7.44. The van der Waals surface area contributed by atoms with E-state index in [4.69, 9.17) is 14.2 Å². The molecule has 4 rings (SSSR count). The first kappa shape index (κ1) is 20.0. The second-order valence-corrected chi connectivity index (χ2v) is 9.33. The zero-order chi connectivity index (χ0) is 20.6. The van der Waals surface area contributed by atoms with E-state index in [1.807, 2.05) is 0 Å². The Morgan fingerprint density at radius 2 is 1.90 bits per heavy atom. The largest absolute Gasteiger partial charge is 0.486 e. The maximum absolute atomic E-state index is 13.2. The van der Waals surface area contributed by atoms with Crippen LogP contribution >= 0.6 is 0 Å². The Morgan fingerprint density at radius 1 is 1.17 bits per heavy atom. The first-order chi connectivity index (χ1) is 13.9. The number of carbonyl (C=O) groups excluding carboxylic acids is 2. The Labute approximate surface area is 169 Å². The van der Waals surface area contributed by atoms with Crippen molar-refractivity contribution in [3.05, 3.63) is 18.2 Å². The third kappa shape index (κ3) is 4.18. The van der Waals surface area contributed by atoms with E-state index in [2.05, 4.69) is 5.32 Å². The molecule has 1 saturated heterocycles. The molecule has 2 aliphatic heterocycles. The van der Waals surface area contributed by atoms with Gasteiger partial charge in [-0.25, -0.2) is 8.42 Å². The van der Waals surface area contributed by atoms with Crippen molar-refractivity contribution in [1.29, 1.82) is 0 Å². The van der Waals surface area contributed by atoms with Gasteiger partial charge in [-0.1, -0.05) is 0 Å². The van der Waals surface area contributed by atoms with E-state index < -0.39 is 28.1 Å². The van der Waals surface area contributed by atoms with Gasteiger partial charge in [0.15, 0.2) is 17.6 Å². The van der Waals surface area contributed by atoms with E-state index >= 15 is 0 Å². The molecule has 9 nitrogen and oxygen atoms in total. The highest BCUT2D eigenvalue weighted by Gasteiger charge is 2.42. The van der Waals surface area contributed by atoms with Gasteiger partial charge in [0.2, 0.25) is 10.0 Å². The predicted molar refractivity (Wildman–Crippen MR) is 101 cm³/mol. The van der Waals surface area contributed by atoms with Gasteiger partial charge < -0.3 is 19.5 Å². The topological polar surface area (TPSA) is 111 Å². The molecule has 0 spiro atoms. The fourth-order valence-electron chi connectivity index (χ4n) is 3.44. The summed E-state index contributed by atoms with van der Waals surface area (Å²) in [5.41, 5.74) is 0. The minimum absolute atomic E-state index is 0.0287. The molecule has 2 heterocycles. The number of carbonyl (C=O) groups is 2. The molecule has 1 aromatic carbocycles. The van der Waals surface area contributed by atoms with Crippen LogP contribution in [0, 0.1) is 0 Å². The smallest absolute Gasteiger partial charge is 0.325 e. The van der Waals surface area contributed by atoms with E-state index in [1.165, 1.54) is 19.1 Å². The van der Waals surface area contributed by atoms with Crippen molar-refractivity contribution >= 4 is 21.9 Å². The second kappa shape index (κ2) is 7.83. The quantitative estimate of drug-likeness (QED) is 0.673. The van der Waals surface area contributed by atoms with Gasteiger partial charge in [-0.05, 0) is 44.7 Å². The molecule has 0 radical (unpaired) electrons. The van der Waals surface area contributed by atoms with Gasteiger partial charge in [-0.15, -0.1) is 0 Å². The zero-order valence-corrected chi connectivity index (χ0v) is 16.9. The number of benzene rings is 1. The van der Waals surface area contributed by atoms with Crippen LogP contribution in [0.1, 0.15) is 32.6 Å². The molecule has 10 heteroatoms. The molecular formula is C19H24N2O7S. The highest BCUT2D eigenvalue weighted by atomic mass is 32.2. The Hall–Kier alpha value is -2.33. The van der Waals surface area contributed by atoms with Crippen LogP contribution in [0.15, 0.2) is 23.1 Å². The molecule has 158 valence electrons. The van der Waals surface area contributed by atoms with E-state index in [0.717, 1.165) is 17.1 Å². The summed E-state index contributed by atoms with van der Waals surface area (Å²) in [7, 11) is -3.94. The minimum Gasteiger partial charge on any atom is -0.486 e. The summed E-state index contributed by atoms with van der Waals surface area (Å²) in [6.07, 6.45) is 1.77. The molecule has 0 bridgehead atoms. The molecule has 0 unspecified atom stereocenters. The standard InChI is InChI=1S/C19H24N2O7S/c1-12(18(22)20-13-4-5-13)28-19(23)15-3-2-8-21(15)29(24,25)14-6-7-16-17(11-14)27-10-9-26-16/h6-7,11-13,15H,2-5,8-10H2,1H3,(H,20,22)/t12-,15+/m1/s1. The van der Waals surface area contributed by atoms with Crippen molar-refractivity contribution < 1.29 is 32.2 Å². The first-order valence-electron chi connectivity index (χ1n) is 9.78. The van der Waals surface area contributed by atoms with Crippen LogP contribution in [0.5, 0.6) is 11.5 Å². The summed E-state index contributed by atoms with van der Waals surface area (Å²) in [5.74, 6) is -0.216. The van der Waals surface area contributed by atoms with Crippen molar-refractivity contribution in [2.24, 2.45) is 0 Å². The number of esters is 1. The number of sulfonamides is 1. The van der Waals surface area contributed by atoms with E-state index in [-0.39, 0.29) is 23.4 Å². The number of ether oxygens (including phenoxy) is 3. The molecule has 1 amide bonds. The van der Waals surface area contributed by atoms with Gasteiger partial charge in [0, 0.05) is 18.7 Å². The van der Waals surface area contributed by atoms with Gasteiger partial charge in [-0.2, -0.15) is 4.31 Å². The Bertz CT molecular complexity index is 913. The number of rotatable bonds is 6. The number of amides is 1. The molecule has 1 aromatic rings. The van der Waals surface area contributed by atoms with Crippen molar-refractivity contribution in [2.45, 2.75) is 55.7 Å². The van der Waals surface area contributed by atoms with Gasteiger partial charge in [0.25, 0.3) is 5.91 Å². The highest BCUT2D eigenvalue weighted by Crippen LogP contribution is 2.35. The lowest BCUT2D eigenvalue weighted by Gasteiger charge is -2.25. The first-order valence-corrected chi connectivity index (χ1v) is 11.2. The van der Waals surface area contributed by atoms with Gasteiger partial charge in [-0.3, -0.25) is 9.59 Å². The maximum Gasteiger partial charge on any atom is 0.325 e. The monoisotopic (exact) mass is 424 g/mol. The summed E-state index contributed by atoms with van der Waals surface area (Å²) in [6.45, 7) is 2.45. The van der Waals surface area contributed by atoms with Gasteiger partial charge in [0.05, 0.1) is 4.90 Å². The zero-order valence-electron chi connectivity index (χ0n) is 16.1. The number of hydrogen-bond donors (Lipinski definition) is 1. The molecule has 1 N–H and O–H groups in total. The van der Waals surface area contributed by atoms with Crippen molar-refractivity contribution in [3.63, 3.8) is 0 Å². The van der Waals surface area contributed by atoms with Gasteiger partial charge >= 0.3 is 5.97 Å². The van der Waals surface area contributed by atoms with Crippen molar-refractivity contribution in [3.8, 4) is 11.5 Å². The molecular weight excluding hydrogens is 400 g/mol. The summed E-state index contributed by atoms with van der Waals surface area (Å²) < 4.78 is 43.6. The molecule has 29 heavy (non-hydrogen) atoms. The summed E-state index contributed by atoms with van der Waals surface area (Å²) in [6, 6.07) is 3.60. The summed E-state index contributed by atoms with van der Waals surface area (Å²) >= 11 is 0. The number of nitrogens with one attached hydrogen (secondary N) is 1. The van der Waals surface area contributed by atoms with Crippen LogP contribution in [0.3, 0.4) is 0 Å². The van der Waals surface area contributed by atoms with Gasteiger partial charge in [0.1, 0.15) is 19.3 Å². The average molecular weight is 424 g/mol. The van der Waals surface area contributed by atoms with E-state index in [0.29, 0.717) is 37.6 Å². The fourth-order valence-corrected chi connectivity index (χ4v) is 5.10. The minimum atomic E-state index is -3.94. The highest BCUT2D eigenvalue weighted by molar-refractivity contribution is 7.89. The third-order valence-electron chi connectivity index (χ3n) is 5.18. The van der Waals surface area contributed by atoms with Crippen LogP contribution in [-0.2, 0) is 24.3 Å². The number of fused-ring (bicyclic) bond motifs is 1. The van der Waals surface area contributed by atoms with E-state index in [9.17, 15) is 18.0 Å². The molecule has 1 saturated carbocycles. The molecule has 1 aliphatic carbocycles. The Morgan fingerprint density at radius 3 is 2.62 bits per heavy atom. The summed E-state index contributed by atoms with van der Waals surface area (Å²) in [4.78, 5) is 24.7. The van der Waals surface area contributed by atoms with E-state index in [1.54, 1.807) is 6.07 Å². The molecule has 2 fully saturated rings. The van der Waals surface area contributed by atoms with Crippen molar-refractivity contribution in [2.75, 3.05) is 19.8 Å². The van der Waals surface area contributed by atoms with Crippen LogP contribution in [0.2, 0.25) is 0 Å². The fraction of sp³-hybridized carbons (Fsp3) is 0.579. The van der Waals surface area contributed by atoms with Crippen LogP contribution in [0.25, 0.3) is 0 Å². The van der Waals surface area contributed by atoms with Crippen LogP contribution < -0.4 is 14.8 Å². The molecule has 2 atom stereocenters.